The molecule has 3 aliphatic rings. The maximum Gasteiger partial charge on any atom is 0.220 e. The van der Waals surface area contributed by atoms with Gasteiger partial charge < -0.3 is 24.6 Å². The van der Waals surface area contributed by atoms with Crippen molar-refractivity contribution in [2.75, 3.05) is 13.2 Å². The zero-order chi connectivity index (χ0) is 24.5. The van der Waals surface area contributed by atoms with Gasteiger partial charge in [-0.15, -0.1) is 11.3 Å². The SMILES string of the molecule is C[C@@]12CO[C@@H](COc3ccccc3)O[C@@H]1CC[C@]1(C)C2CC[C@@H](O)[C@H]1CC(=O)NCc1cccs1. The Morgan fingerprint density at radius 3 is 2.74 bits per heavy atom. The smallest absolute Gasteiger partial charge is 0.220 e. The van der Waals surface area contributed by atoms with Crippen LogP contribution in [-0.4, -0.2) is 42.7 Å². The van der Waals surface area contributed by atoms with E-state index in [9.17, 15) is 9.90 Å². The number of amides is 1. The van der Waals surface area contributed by atoms with E-state index in [2.05, 4.69) is 19.2 Å². The van der Waals surface area contributed by atoms with Gasteiger partial charge in [-0.25, -0.2) is 0 Å². The molecular weight excluding hydrogens is 462 g/mol. The number of fused-ring (bicyclic) bond motifs is 3. The van der Waals surface area contributed by atoms with E-state index >= 15 is 0 Å². The lowest BCUT2D eigenvalue weighted by Crippen LogP contribution is -2.63. The van der Waals surface area contributed by atoms with Crippen molar-refractivity contribution in [1.29, 1.82) is 0 Å². The topological polar surface area (TPSA) is 77.0 Å². The maximum absolute atomic E-state index is 12.9. The second kappa shape index (κ2) is 10.2. The molecule has 190 valence electrons. The van der Waals surface area contributed by atoms with E-state index in [1.54, 1.807) is 11.3 Å². The van der Waals surface area contributed by atoms with Crippen LogP contribution in [0.15, 0.2) is 47.8 Å². The number of rotatable bonds is 7. The van der Waals surface area contributed by atoms with Crippen molar-refractivity contribution in [3.63, 3.8) is 0 Å². The molecule has 2 aromatic rings. The second-order valence-electron chi connectivity index (χ2n) is 10.9. The molecule has 7 atom stereocenters. The largest absolute Gasteiger partial charge is 0.488 e. The highest BCUT2D eigenvalue weighted by Gasteiger charge is 2.61. The molecule has 6 nitrogen and oxygen atoms in total. The van der Waals surface area contributed by atoms with Gasteiger partial charge in [-0.05, 0) is 66.5 Å². The molecule has 0 spiro atoms. The van der Waals surface area contributed by atoms with E-state index in [0.29, 0.717) is 38.5 Å². The minimum absolute atomic E-state index is 0.0193. The third-order valence-electron chi connectivity index (χ3n) is 8.81. The van der Waals surface area contributed by atoms with Crippen LogP contribution in [-0.2, 0) is 20.8 Å². The Kier molecular flexibility index (Phi) is 7.22. The first kappa shape index (κ1) is 24.8. The number of ether oxygens (including phenoxy) is 3. The minimum atomic E-state index is -0.457. The van der Waals surface area contributed by atoms with Gasteiger partial charge in [-0.3, -0.25) is 4.79 Å². The van der Waals surface area contributed by atoms with E-state index in [1.807, 2.05) is 47.8 Å². The Morgan fingerprint density at radius 2 is 1.97 bits per heavy atom. The standard InChI is InChI=1S/C28H37NO5S/c1-27-13-12-24-28(2,18-33-26(34-24)17-32-19-7-4-3-5-8-19)23(27)11-10-22(30)21(27)15-25(31)29-16-20-9-6-14-35-20/h3-9,14,21-24,26,30H,10-13,15-18H2,1-2H3,(H,29,31)/t21-,22-,23?,24-,26-,27+,28+/m1/s1. The van der Waals surface area contributed by atoms with Crippen LogP contribution in [0.3, 0.4) is 0 Å². The van der Waals surface area contributed by atoms with Gasteiger partial charge in [0, 0.05) is 16.7 Å². The van der Waals surface area contributed by atoms with E-state index in [0.717, 1.165) is 29.9 Å². The normalized spacial score (nSPS) is 36.6. The van der Waals surface area contributed by atoms with Crippen LogP contribution in [0, 0.1) is 22.7 Å². The molecule has 5 rings (SSSR count). The maximum atomic E-state index is 12.9. The summed E-state index contributed by atoms with van der Waals surface area (Å²) in [5, 5.41) is 16.1. The summed E-state index contributed by atoms with van der Waals surface area (Å²) in [6.45, 7) is 6.08. The lowest BCUT2D eigenvalue weighted by atomic mass is 9.46. The fourth-order valence-corrected chi connectivity index (χ4v) is 7.57. The Hall–Kier alpha value is -1.93. The average Bonchev–Trinajstić information content (AvgIpc) is 3.38. The van der Waals surface area contributed by atoms with Crippen LogP contribution in [0.2, 0.25) is 0 Å². The molecule has 1 amide bonds. The van der Waals surface area contributed by atoms with Gasteiger partial charge in [0.25, 0.3) is 0 Å². The summed E-state index contributed by atoms with van der Waals surface area (Å²) in [6.07, 6.45) is 3.07. The van der Waals surface area contributed by atoms with E-state index in [1.165, 1.54) is 0 Å². The van der Waals surface area contributed by atoms with Crippen molar-refractivity contribution in [3.8, 4) is 5.75 Å². The molecule has 3 fully saturated rings. The number of benzene rings is 1. The molecule has 0 bridgehead atoms. The van der Waals surface area contributed by atoms with Crippen molar-refractivity contribution >= 4 is 17.2 Å². The van der Waals surface area contributed by atoms with Crippen molar-refractivity contribution in [2.45, 2.75) is 71.0 Å². The number of aliphatic hydroxyl groups excluding tert-OH is 1. The molecule has 2 heterocycles. The van der Waals surface area contributed by atoms with Gasteiger partial charge in [-0.2, -0.15) is 0 Å². The van der Waals surface area contributed by atoms with Gasteiger partial charge >= 0.3 is 0 Å². The number of nitrogens with one attached hydrogen (secondary N) is 1. The minimum Gasteiger partial charge on any atom is -0.488 e. The van der Waals surface area contributed by atoms with E-state index in [-0.39, 0.29) is 35.0 Å². The molecule has 7 heteroatoms. The lowest BCUT2D eigenvalue weighted by molar-refractivity contribution is -0.313. The van der Waals surface area contributed by atoms with Crippen molar-refractivity contribution in [3.05, 3.63) is 52.7 Å². The summed E-state index contributed by atoms with van der Waals surface area (Å²) in [5.74, 6) is 1.08. The summed E-state index contributed by atoms with van der Waals surface area (Å²) in [6, 6.07) is 13.8. The molecule has 0 radical (unpaired) electrons. The molecule has 1 aromatic carbocycles. The van der Waals surface area contributed by atoms with Crippen molar-refractivity contribution in [2.24, 2.45) is 22.7 Å². The Bertz CT molecular complexity index is 984. The summed E-state index contributed by atoms with van der Waals surface area (Å²) in [4.78, 5) is 14.0. The number of carbonyl (C=O) groups excluding carboxylic acids is 1. The number of para-hydroxylation sites is 1. The molecular formula is C28H37NO5S. The Balaban J connectivity index is 1.23. The highest BCUT2D eigenvalue weighted by atomic mass is 32.1. The Labute approximate surface area is 212 Å². The first-order chi connectivity index (χ1) is 16.9. The predicted molar refractivity (Wildman–Crippen MR) is 135 cm³/mol. The predicted octanol–water partition coefficient (Wildman–Crippen LogP) is 4.77. The van der Waals surface area contributed by atoms with Crippen LogP contribution >= 0.6 is 11.3 Å². The van der Waals surface area contributed by atoms with Gasteiger partial charge in [0.2, 0.25) is 5.91 Å². The van der Waals surface area contributed by atoms with Crippen LogP contribution in [0.25, 0.3) is 0 Å². The summed E-state index contributed by atoms with van der Waals surface area (Å²) < 4.78 is 18.5. The molecule has 2 saturated carbocycles. The lowest BCUT2D eigenvalue weighted by Gasteiger charge is -2.62. The monoisotopic (exact) mass is 499 g/mol. The quantitative estimate of drug-likeness (QED) is 0.574. The molecule has 2 N–H and O–H groups in total. The van der Waals surface area contributed by atoms with Crippen molar-refractivity contribution in [1.82, 2.24) is 5.32 Å². The highest BCUT2D eigenvalue weighted by molar-refractivity contribution is 7.09. The molecule has 1 aromatic heterocycles. The third kappa shape index (κ3) is 5.01. The first-order valence-corrected chi connectivity index (χ1v) is 13.7. The van der Waals surface area contributed by atoms with Crippen LogP contribution in [0.1, 0.15) is 50.8 Å². The van der Waals surface area contributed by atoms with Gasteiger partial charge in [0.1, 0.15) is 12.4 Å². The molecule has 2 aliphatic carbocycles. The molecule has 1 aliphatic heterocycles. The zero-order valence-corrected chi connectivity index (χ0v) is 21.5. The zero-order valence-electron chi connectivity index (χ0n) is 20.7. The van der Waals surface area contributed by atoms with Crippen LogP contribution < -0.4 is 10.1 Å². The number of carbonyl (C=O) groups is 1. The first-order valence-electron chi connectivity index (χ1n) is 12.8. The van der Waals surface area contributed by atoms with E-state index in [4.69, 9.17) is 14.2 Å². The fourth-order valence-electron chi connectivity index (χ4n) is 6.93. The fraction of sp³-hybridized carbons (Fsp3) is 0.607. The van der Waals surface area contributed by atoms with Crippen LogP contribution in [0.5, 0.6) is 5.75 Å². The van der Waals surface area contributed by atoms with Gasteiger partial charge in [0.15, 0.2) is 6.29 Å². The number of thiophene rings is 1. The highest BCUT2D eigenvalue weighted by Crippen LogP contribution is 2.62. The molecule has 35 heavy (non-hydrogen) atoms. The van der Waals surface area contributed by atoms with Gasteiger partial charge in [0.05, 0.1) is 25.4 Å². The molecule has 1 saturated heterocycles. The van der Waals surface area contributed by atoms with Gasteiger partial charge in [-0.1, -0.05) is 38.1 Å². The summed E-state index contributed by atoms with van der Waals surface area (Å²) in [5.41, 5.74) is -0.286. The third-order valence-corrected chi connectivity index (χ3v) is 9.68. The number of aliphatic hydroxyl groups is 1. The van der Waals surface area contributed by atoms with E-state index < -0.39 is 6.10 Å². The number of hydrogen-bond donors (Lipinski definition) is 2. The summed E-state index contributed by atoms with van der Waals surface area (Å²) >= 11 is 1.64. The van der Waals surface area contributed by atoms with Crippen LogP contribution in [0.4, 0.5) is 0 Å². The molecule has 1 unspecified atom stereocenters. The summed E-state index contributed by atoms with van der Waals surface area (Å²) in [7, 11) is 0. The second-order valence-corrected chi connectivity index (χ2v) is 11.9. The van der Waals surface area contributed by atoms with Crippen molar-refractivity contribution < 1.29 is 24.1 Å². The Morgan fingerprint density at radius 1 is 1.14 bits per heavy atom. The number of hydrogen-bond acceptors (Lipinski definition) is 6. The average molecular weight is 500 g/mol.